The van der Waals surface area contributed by atoms with E-state index in [2.05, 4.69) is 41.5 Å². The molecule has 0 saturated carbocycles. The lowest BCUT2D eigenvalue weighted by molar-refractivity contribution is 0.568. The standard InChI is InChI=1S/C17H18N2OS/c1-13(14-6-3-2-4-7-14)10-18-11-15-12-20-17(19-15)16-8-5-9-21-16/h2-9,12-13,18H,10-11H2,1H3. The number of oxazole rings is 1. The second-order valence-corrected chi connectivity index (χ2v) is 6.01. The smallest absolute Gasteiger partial charge is 0.236 e. The molecule has 108 valence electrons. The normalized spacial score (nSPS) is 12.4. The number of benzene rings is 1. The third-order valence-electron chi connectivity index (χ3n) is 3.41. The van der Waals surface area contributed by atoms with E-state index in [9.17, 15) is 0 Å². The molecule has 2 aromatic heterocycles. The molecule has 3 nitrogen and oxygen atoms in total. The molecule has 1 N–H and O–H groups in total. The van der Waals surface area contributed by atoms with E-state index >= 15 is 0 Å². The summed E-state index contributed by atoms with van der Waals surface area (Å²) in [6.07, 6.45) is 1.73. The van der Waals surface area contributed by atoms with Crippen LogP contribution in [0.25, 0.3) is 10.8 Å². The lowest BCUT2D eigenvalue weighted by Crippen LogP contribution is -2.19. The summed E-state index contributed by atoms with van der Waals surface area (Å²) in [5, 5.41) is 5.47. The van der Waals surface area contributed by atoms with Gasteiger partial charge in [0.25, 0.3) is 0 Å². The van der Waals surface area contributed by atoms with Crippen LogP contribution in [0.15, 0.2) is 58.5 Å². The molecule has 0 radical (unpaired) electrons. The molecule has 0 saturated heterocycles. The van der Waals surface area contributed by atoms with E-state index in [0.717, 1.165) is 23.7 Å². The Morgan fingerprint density at radius 2 is 2.05 bits per heavy atom. The average molecular weight is 298 g/mol. The zero-order chi connectivity index (χ0) is 14.5. The molecule has 0 amide bonds. The Balaban J connectivity index is 1.52. The van der Waals surface area contributed by atoms with E-state index < -0.39 is 0 Å². The first-order valence-electron chi connectivity index (χ1n) is 7.07. The van der Waals surface area contributed by atoms with Crippen LogP contribution in [0.1, 0.15) is 24.1 Å². The van der Waals surface area contributed by atoms with Crippen LogP contribution in [-0.2, 0) is 6.54 Å². The topological polar surface area (TPSA) is 38.1 Å². The Hall–Kier alpha value is -1.91. The van der Waals surface area contributed by atoms with Gasteiger partial charge in [0.15, 0.2) is 0 Å². The molecule has 0 fully saturated rings. The van der Waals surface area contributed by atoms with Gasteiger partial charge < -0.3 is 9.73 Å². The highest BCUT2D eigenvalue weighted by Crippen LogP contribution is 2.23. The monoisotopic (exact) mass is 298 g/mol. The molecule has 3 aromatic rings. The summed E-state index contributed by atoms with van der Waals surface area (Å²) in [6, 6.07) is 14.6. The molecule has 1 atom stereocenters. The van der Waals surface area contributed by atoms with E-state index in [1.54, 1.807) is 17.6 Å². The first-order valence-corrected chi connectivity index (χ1v) is 7.95. The van der Waals surface area contributed by atoms with Crippen molar-refractivity contribution in [2.75, 3.05) is 6.54 Å². The van der Waals surface area contributed by atoms with Gasteiger partial charge >= 0.3 is 0 Å². The zero-order valence-corrected chi connectivity index (χ0v) is 12.8. The van der Waals surface area contributed by atoms with Crippen LogP contribution in [0.5, 0.6) is 0 Å². The predicted octanol–water partition coefficient (Wildman–Crippen LogP) is 4.30. The first kappa shape index (κ1) is 14.0. The van der Waals surface area contributed by atoms with Crippen molar-refractivity contribution in [3.05, 3.63) is 65.4 Å². The Labute approximate surface area is 128 Å². The number of rotatable bonds is 6. The summed E-state index contributed by atoms with van der Waals surface area (Å²) in [6.45, 7) is 3.87. The molecule has 3 rings (SSSR count). The number of nitrogens with zero attached hydrogens (tertiary/aromatic N) is 1. The lowest BCUT2D eigenvalue weighted by atomic mass is 10.0. The maximum atomic E-state index is 5.51. The fourth-order valence-corrected chi connectivity index (χ4v) is 2.87. The lowest BCUT2D eigenvalue weighted by Gasteiger charge is -2.12. The highest BCUT2D eigenvalue weighted by Gasteiger charge is 2.08. The van der Waals surface area contributed by atoms with Crippen LogP contribution in [0.3, 0.4) is 0 Å². The molecular formula is C17H18N2OS. The van der Waals surface area contributed by atoms with Gasteiger partial charge in [-0.3, -0.25) is 0 Å². The molecule has 0 aliphatic carbocycles. The molecule has 4 heteroatoms. The van der Waals surface area contributed by atoms with Crippen molar-refractivity contribution in [2.24, 2.45) is 0 Å². The minimum absolute atomic E-state index is 0.481. The van der Waals surface area contributed by atoms with Crippen molar-refractivity contribution in [3.8, 4) is 10.8 Å². The van der Waals surface area contributed by atoms with Crippen molar-refractivity contribution >= 4 is 11.3 Å². The SMILES string of the molecule is CC(CNCc1coc(-c2cccs2)n1)c1ccccc1. The summed E-state index contributed by atoms with van der Waals surface area (Å²) in [5.74, 6) is 1.19. The van der Waals surface area contributed by atoms with Crippen LogP contribution >= 0.6 is 11.3 Å². The van der Waals surface area contributed by atoms with Gasteiger partial charge in [0.2, 0.25) is 5.89 Å². The maximum absolute atomic E-state index is 5.51. The van der Waals surface area contributed by atoms with E-state index in [1.165, 1.54) is 5.56 Å². The summed E-state index contributed by atoms with van der Waals surface area (Å²) >= 11 is 1.64. The Morgan fingerprint density at radius 3 is 2.81 bits per heavy atom. The molecule has 2 heterocycles. The van der Waals surface area contributed by atoms with Crippen molar-refractivity contribution < 1.29 is 4.42 Å². The van der Waals surface area contributed by atoms with E-state index in [0.29, 0.717) is 11.8 Å². The summed E-state index contributed by atoms with van der Waals surface area (Å²) in [7, 11) is 0. The molecule has 0 aliphatic rings. The third-order valence-corrected chi connectivity index (χ3v) is 4.27. The molecule has 0 bridgehead atoms. The molecule has 0 aliphatic heterocycles. The molecule has 1 aromatic carbocycles. The highest BCUT2D eigenvalue weighted by atomic mass is 32.1. The van der Waals surface area contributed by atoms with Crippen LogP contribution in [0.2, 0.25) is 0 Å². The first-order chi connectivity index (χ1) is 10.3. The summed E-state index contributed by atoms with van der Waals surface area (Å²) in [5.41, 5.74) is 2.29. The number of nitrogens with one attached hydrogen (secondary N) is 1. The molecule has 0 spiro atoms. The maximum Gasteiger partial charge on any atom is 0.236 e. The number of hydrogen-bond donors (Lipinski definition) is 1. The molecule has 1 unspecified atom stereocenters. The van der Waals surface area contributed by atoms with E-state index in [4.69, 9.17) is 4.42 Å². The largest absolute Gasteiger partial charge is 0.444 e. The van der Waals surface area contributed by atoms with Gasteiger partial charge in [-0.2, -0.15) is 0 Å². The highest BCUT2D eigenvalue weighted by molar-refractivity contribution is 7.13. The van der Waals surface area contributed by atoms with Crippen LogP contribution < -0.4 is 5.32 Å². The number of thiophene rings is 1. The van der Waals surface area contributed by atoms with Crippen molar-refractivity contribution in [2.45, 2.75) is 19.4 Å². The second kappa shape index (κ2) is 6.70. The van der Waals surface area contributed by atoms with E-state index in [-0.39, 0.29) is 0 Å². The van der Waals surface area contributed by atoms with Crippen molar-refractivity contribution in [1.29, 1.82) is 0 Å². The zero-order valence-electron chi connectivity index (χ0n) is 12.0. The van der Waals surface area contributed by atoms with Gasteiger partial charge in [0.1, 0.15) is 6.26 Å². The third kappa shape index (κ3) is 3.60. The fourth-order valence-electron chi connectivity index (χ4n) is 2.22. The Bertz CT molecular complexity index is 661. The van der Waals surface area contributed by atoms with Gasteiger partial charge in [-0.15, -0.1) is 11.3 Å². The van der Waals surface area contributed by atoms with Gasteiger partial charge in [-0.1, -0.05) is 43.3 Å². The van der Waals surface area contributed by atoms with Crippen LogP contribution in [-0.4, -0.2) is 11.5 Å². The minimum atomic E-state index is 0.481. The summed E-state index contributed by atoms with van der Waals surface area (Å²) < 4.78 is 5.51. The van der Waals surface area contributed by atoms with Gasteiger partial charge in [-0.05, 0) is 22.9 Å². The minimum Gasteiger partial charge on any atom is -0.444 e. The van der Waals surface area contributed by atoms with Crippen molar-refractivity contribution in [1.82, 2.24) is 10.3 Å². The predicted molar refractivity (Wildman–Crippen MR) is 86.4 cm³/mol. The number of aromatic nitrogens is 1. The summed E-state index contributed by atoms with van der Waals surface area (Å²) in [4.78, 5) is 5.57. The second-order valence-electron chi connectivity index (χ2n) is 5.06. The van der Waals surface area contributed by atoms with Gasteiger partial charge in [0, 0.05) is 13.1 Å². The Morgan fingerprint density at radius 1 is 1.19 bits per heavy atom. The quantitative estimate of drug-likeness (QED) is 0.737. The molecular weight excluding hydrogens is 280 g/mol. The fraction of sp³-hybridized carbons (Fsp3) is 0.235. The molecule has 21 heavy (non-hydrogen) atoms. The number of hydrogen-bond acceptors (Lipinski definition) is 4. The van der Waals surface area contributed by atoms with Gasteiger partial charge in [0.05, 0.1) is 10.6 Å². The van der Waals surface area contributed by atoms with E-state index in [1.807, 2.05) is 23.6 Å². The van der Waals surface area contributed by atoms with Crippen LogP contribution in [0.4, 0.5) is 0 Å². The average Bonchev–Trinajstić information content (AvgIpc) is 3.19. The van der Waals surface area contributed by atoms with Gasteiger partial charge in [-0.25, -0.2) is 4.98 Å². The van der Waals surface area contributed by atoms with Crippen LogP contribution in [0, 0.1) is 0 Å². The van der Waals surface area contributed by atoms with Crippen molar-refractivity contribution in [3.63, 3.8) is 0 Å². The Kier molecular flexibility index (Phi) is 4.48.